The van der Waals surface area contributed by atoms with E-state index in [-0.39, 0.29) is 5.56 Å². The third-order valence-corrected chi connectivity index (χ3v) is 4.90. The van der Waals surface area contributed by atoms with Crippen LogP contribution in [0.5, 0.6) is 11.5 Å². The molecule has 9 heteroatoms. The van der Waals surface area contributed by atoms with E-state index in [9.17, 15) is 9.90 Å². The largest absolute Gasteiger partial charge is 0.478 e. The molecule has 0 saturated carbocycles. The fourth-order valence-corrected chi connectivity index (χ4v) is 3.25. The Hall–Kier alpha value is -4.40. The van der Waals surface area contributed by atoms with Gasteiger partial charge in [0.05, 0.1) is 5.56 Å². The number of anilines is 2. The number of ether oxygens (including phenoxy) is 1. The van der Waals surface area contributed by atoms with Crippen molar-refractivity contribution in [3.8, 4) is 11.5 Å². The first-order valence-electron chi connectivity index (χ1n) is 10.3. The van der Waals surface area contributed by atoms with Gasteiger partial charge in [0.2, 0.25) is 0 Å². The number of carboxylic acid groups (broad SMARTS) is 1. The van der Waals surface area contributed by atoms with Crippen LogP contribution in [0, 0.1) is 6.92 Å². The molecule has 0 fully saturated rings. The number of rotatable bonds is 6. The van der Waals surface area contributed by atoms with Gasteiger partial charge in [-0.2, -0.15) is 5.10 Å². The van der Waals surface area contributed by atoms with Gasteiger partial charge in [0.15, 0.2) is 5.82 Å². The van der Waals surface area contributed by atoms with Crippen molar-refractivity contribution in [3.05, 3.63) is 83.5 Å². The molecule has 33 heavy (non-hydrogen) atoms. The minimum absolute atomic E-state index is 0.126. The number of pyridine rings is 1. The Morgan fingerprint density at radius 2 is 2.00 bits per heavy atom. The molecule has 2 N–H and O–H groups in total. The number of hydrogen-bond donors (Lipinski definition) is 2. The van der Waals surface area contributed by atoms with Crippen molar-refractivity contribution in [1.29, 1.82) is 0 Å². The SMILES string of the molecule is CC(C)=CN=c1cc(Oc2ccc(Nc3ncnn4ccc(C(=O)O)c34)cc2C)ccn1C. The molecule has 0 aliphatic carbocycles. The van der Waals surface area contributed by atoms with Crippen LogP contribution in [-0.2, 0) is 7.05 Å². The topological polar surface area (TPSA) is 106 Å². The highest BCUT2D eigenvalue weighted by Gasteiger charge is 2.15. The molecule has 4 aromatic rings. The van der Waals surface area contributed by atoms with Gasteiger partial charge in [-0.05, 0) is 56.7 Å². The molecule has 0 atom stereocenters. The van der Waals surface area contributed by atoms with Gasteiger partial charge in [-0.1, -0.05) is 5.57 Å². The highest BCUT2D eigenvalue weighted by atomic mass is 16.5. The van der Waals surface area contributed by atoms with Crippen molar-refractivity contribution >= 4 is 23.0 Å². The number of benzene rings is 1. The molecular formula is C24H24N6O3. The lowest BCUT2D eigenvalue weighted by Gasteiger charge is -2.13. The number of nitrogens with one attached hydrogen (secondary N) is 1. The second-order valence-electron chi connectivity index (χ2n) is 7.81. The fraction of sp³-hybridized carbons (Fsp3) is 0.167. The predicted octanol–water partition coefficient (Wildman–Crippen LogP) is 4.43. The molecule has 9 nitrogen and oxygen atoms in total. The highest BCUT2D eigenvalue weighted by Crippen LogP contribution is 2.29. The first kappa shape index (κ1) is 21.8. The maximum Gasteiger partial charge on any atom is 0.338 e. The van der Waals surface area contributed by atoms with Gasteiger partial charge in [0.25, 0.3) is 0 Å². The number of fused-ring (bicyclic) bond motifs is 1. The Morgan fingerprint density at radius 1 is 1.18 bits per heavy atom. The molecule has 0 bridgehead atoms. The predicted molar refractivity (Wildman–Crippen MR) is 125 cm³/mol. The number of nitrogens with zero attached hydrogens (tertiary/aromatic N) is 5. The van der Waals surface area contributed by atoms with Crippen LogP contribution in [0.2, 0.25) is 0 Å². The zero-order valence-electron chi connectivity index (χ0n) is 18.8. The summed E-state index contributed by atoms with van der Waals surface area (Å²) in [6, 6.07) is 10.9. The van der Waals surface area contributed by atoms with E-state index in [4.69, 9.17) is 4.74 Å². The number of allylic oxidation sites excluding steroid dienone is 1. The molecule has 0 aliphatic rings. The van der Waals surface area contributed by atoms with E-state index in [1.807, 2.05) is 75.1 Å². The van der Waals surface area contributed by atoms with E-state index in [0.29, 0.717) is 22.8 Å². The standard InChI is InChI=1S/C24H24N6O3/c1-15(2)13-25-21-12-18(7-9-29(21)4)33-20-6-5-17(11-16(20)3)28-23-22-19(24(31)32)8-10-30(22)27-14-26-23/h5-14H,1-4H3,(H,31,32)(H,26,27,28). The van der Waals surface area contributed by atoms with E-state index in [2.05, 4.69) is 20.4 Å². The quantitative estimate of drug-likeness (QED) is 0.456. The summed E-state index contributed by atoms with van der Waals surface area (Å²) in [6.45, 7) is 5.93. The summed E-state index contributed by atoms with van der Waals surface area (Å²) < 4.78 is 9.50. The van der Waals surface area contributed by atoms with Crippen LogP contribution in [0.1, 0.15) is 29.8 Å². The Kier molecular flexibility index (Phi) is 5.95. The number of carboxylic acids is 1. The molecule has 168 valence electrons. The van der Waals surface area contributed by atoms with E-state index in [1.165, 1.54) is 16.9 Å². The second-order valence-corrected chi connectivity index (χ2v) is 7.81. The average molecular weight is 444 g/mol. The lowest BCUT2D eigenvalue weighted by atomic mass is 10.2. The Bertz CT molecular complexity index is 1440. The van der Waals surface area contributed by atoms with Crippen molar-refractivity contribution in [3.63, 3.8) is 0 Å². The molecule has 0 aliphatic heterocycles. The van der Waals surface area contributed by atoms with Gasteiger partial charge in [-0.3, -0.25) is 0 Å². The Balaban J connectivity index is 1.60. The molecule has 0 radical (unpaired) electrons. The highest BCUT2D eigenvalue weighted by molar-refractivity contribution is 5.99. The summed E-state index contributed by atoms with van der Waals surface area (Å²) in [5.41, 5.74) is 4.05. The van der Waals surface area contributed by atoms with E-state index < -0.39 is 5.97 Å². The lowest BCUT2D eigenvalue weighted by Crippen LogP contribution is -2.16. The third kappa shape index (κ3) is 4.77. The monoisotopic (exact) mass is 444 g/mol. The molecule has 0 amide bonds. The number of carbonyl (C=O) groups is 1. The zero-order valence-corrected chi connectivity index (χ0v) is 18.8. The number of aryl methyl sites for hydroxylation is 2. The number of aromatic carboxylic acids is 1. The summed E-state index contributed by atoms with van der Waals surface area (Å²) in [7, 11) is 1.93. The van der Waals surface area contributed by atoms with Crippen molar-refractivity contribution < 1.29 is 14.6 Å². The minimum Gasteiger partial charge on any atom is -0.478 e. The van der Waals surface area contributed by atoms with Gasteiger partial charge in [0.1, 0.15) is 28.8 Å². The van der Waals surface area contributed by atoms with Crippen LogP contribution in [0.4, 0.5) is 11.5 Å². The second kappa shape index (κ2) is 8.99. The summed E-state index contributed by atoms with van der Waals surface area (Å²) in [6.07, 6.45) is 6.68. The van der Waals surface area contributed by atoms with E-state index >= 15 is 0 Å². The van der Waals surface area contributed by atoms with Crippen LogP contribution >= 0.6 is 0 Å². The van der Waals surface area contributed by atoms with Gasteiger partial charge in [-0.25, -0.2) is 19.3 Å². The zero-order chi connectivity index (χ0) is 23.5. The normalized spacial score (nSPS) is 11.5. The van der Waals surface area contributed by atoms with Crippen LogP contribution in [-0.4, -0.2) is 30.2 Å². The van der Waals surface area contributed by atoms with Crippen LogP contribution in [0.15, 0.2) is 71.9 Å². The molecule has 0 unspecified atom stereocenters. The summed E-state index contributed by atoms with van der Waals surface area (Å²) >= 11 is 0. The number of aromatic nitrogens is 4. The first-order chi connectivity index (χ1) is 15.8. The van der Waals surface area contributed by atoms with Crippen LogP contribution in [0.3, 0.4) is 0 Å². The number of hydrogen-bond acceptors (Lipinski definition) is 6. The third-order valence-electron chi connectivity index (χ3n) is 4.90. The van der Waals surface area contributed by atoms with Crippen molar-refractivity contribution in [1.82, 2.24) is 19.2 Å². The maximum absolute atomic E-state index is 11.5. The lowest BCUT2D eigenvalue weighted by molar-refractivity contribution is 0.0699. The van der Waals surface area contributed by atoms with E-state index in [1.54, 1.807) is 6.20 Å². The molecular weight excluding hydrogens is 420 g/mol. The molecule has 3 aromatic heterocycles. The molecule has 0 spiro atoms. The average Bonchev–Trinajstić information content (AvgIpc) is 3.21. The van der Waals surface area contributed by atoms with E-state index in [0.717, 1.165) is 22.3 Å². The van der Waals surface area contributed by atoms with Crippen molar-refractivity contribution in [2.24, 2.45) is 12.0 Å². The molecule has 0 saturated heterocycles. The first-order valence-corrected chi connectivity index (χ1v) is 10.3. The molecule has 4 rings (SSSR count). The maximum atomic E-state index is 11.5. The summed E-state index contributed by atoms with van der Waals surface area (Å²) in [5, 5.41) is 16.7. The van der Waals surface area contributed by atoms with Gasteiger partial charge < -0.3 is 19.7 Å². The van der Waals surface area contributed by atoms with Crippen molar-refractivity contribution in [2.75, 3.05) is 5.32 Å². The molecule has 1 aromatic carbocycles. The smallest absolute Gasteiger partial charge is 0.338 e. The van der Waals surface area contributed by atoms with Crippen LogP contribution in [0.25, 0.3) is 5.52 Å². The van der Waals surface area contributed by atoms with Crippen molar-refractivity contribution in [2.45, 2.75) is 20.8 Å². The molecule has 3 heterocycles. The minimum atomic E-state index is -1.04. The summed E-state index contributed by atoms with van der Waals surface area (Å²) in [5.74, 6) is 0.739. The van der Waals surface area contributed by atoms with Gasteiger partial charge in [-0.15, -0.1) is 0 Å². The Morgan fingerprint density at radius 3 is 2.73 bits per heavy atom. The van der Waals surface area contributed by atoms with Crippen LogP contribution < -0.4 is 15.5 Å². The fourth-order valence-electron chi connectivity index (χ4n) is 3.25. The summed E-state index contributed by atoms with van der Waals surface area (Å²) in [4.78, 5) is 20.3. The van der Waals surface area contributed by atoms with Gasteiger partial charge in [0, 0.05) is 37.4 Å². The van der Waals surface area contributed by atoms with Gasteiger partial charge >= 0.3 is 5.97 Å². The Labute approximate surface area is 190 Å².